The Bertz CT molecular complexity index is 1800. The van der Waals surface area contributed by atoms with Crippen molar-refractivity contribution >= 4 is 31.4 Å². The van der Waals surface area contributed by atoms with Crippen LogP contribution in [0.25, 0.3) is 11.3 Å². The number of nitrogens with zero attached hydrogens (tertiary/aromatic N) is 4. The molecule has 9 atom stereocenters. The van der Waals surface area contributed by atoms with Gasteiger partial charge in [0.05, 0.1) is 25.7 Å². The number of hydrogen-bond acceptors (Lipinski definition) is 10. The molecule has 0 aliphatic carbocycles. The second kappa shape index (κ2) is 17.2. The molecule has 2 aliphatic heterocycles. The second-order valence-electron chi connectivity index (χ2n) is 15.9. The van der Waals surface area contributed by atoms with Gasteiger partial charge in [-0.3, -0.25) is 14.4 Å². The number of unbranched alkanes of at least 4 members (excludes halogenated alkanes) is 1. The lowest BCUT2D eigenvalue weighted by Gasteiger charge is -2.42. The molecule has 0 spiro atoms. The summed E-state index contributed by atoms with van der Waals surface area (Å²) in [6, 6.07) is 16.3. The van der Waals surface area contributed by atoms with Gasteiger partial charge in [0, 0.05) is 43.4 Å². The molecule has 0 unspecified atom stereocenters. The number of amides is 1. The molecule has 3 aromatic rings. The Morgan fingerprint density at radius 1 is 1.05 bits per heavy atom. The number of halogens is 1. The normalized spacial score (nSPS) is 32.3. The van der Waals surface area contributed by atoms with E-state index >= 15 is 4.39 Å². The third-order valence-electron chi connectivity index (χ3n) is 11.6. The quantitative estimate of drug-likeness (QED) is 0.0861. The van der Waals surface area contributed by atoms with Gasteiger partial charge in [-0.05, 0) is 88.9 Å². The van der Waals surface area contributed by atoms with E-state index in [9.17, 15) is 14.4 Å². The molecular formula is C41H56BFN6O6. The maximum atomic E-state index is 16.5. The SMILES string of the molecule is [B][C@@H]1[C@@H](C)C(=O)[C@](C)(F)C(=O)O[C@H](CC)[C@@]2(C)OC(=O)N(CCCCn3cc(-c4cccc(N)c4)nn3)[C@@H]2[C@@H](Cc2ccccc2)NC[C@H](C)C[C@@]1(C)OC. The predicted octanol–water partition coefficient (Wildman–Crippen LogP) is 5.75. The number of fused-ring (bicyclic) bond motifs is 1. The number of carbonyl (C=O) groups excluding carboxylic acids is 3. The number of ether oxygens (including phenoxy) is 3. The molecule has 2 radical (unpaired) electrons. The van der Waals surface area contributed by atoms with Crippen molar-refractivity contribution < 1.29 is 33.0 Å². The standard InChI is InChI=1S/C41H56BFN6O6/c1-8-33-41(6)35(49(38(52)55-41)20-13-12-19-48-25-32(46-47-48)29-17-14-18-30(44)22-29)31(21-28-15-10-9-11-16-28)45-24-26(2)23-39(4,53-7)34(42)27(3)36(50)40(5,43)37(51)54-33/h9-11,14-18,22,25-27,31,33-35,45H,8,12-13,19-21,23-24,44H2,1-7H3/t26-,27-,31-,33-,34-,35-,39-,40+,41-/m1/s1. The van der Waals surface area contributed by atoms with Crippen molar-refractivity contribution in [2.45, 2.75) is 121 Å². The molecule has 55 heavy (non-hydrogen) atoms. The molecule has 0 saturated carbocycles. The van der Waals surface area contributed by atoms with Crippen LogP contribution in [0.15, 0.2) is 60.8 Å². The fourth-order valence-corrected chi connectivity index (χ4v) is 8.33. The molecule has 2 aromatic carbocycles. The highest BCUT2D eigenvalue weighted by Gasteiger charge is 2.60. The summed E-state index contributed by atoms with van der Waals surface area (Å²) in [6.07, 6.45) is 2.61. The molecule has 2 saturated heterocycles. The first-order valence-corrected chi connectivity index (χ1v) is 19.3. The van der Waals surface area contributed by atoms with Gasteiger partial charge in [-0.25, -0.2) is 14.0 Å². The lowest BCUT2D eigenvalue weighted by Crippen LogP contribution is -2.62. The summed E-state index contributed by atoms with van der Waals surface area (Å²) >= 11 is 0. The van der Waals surface area contributed by atoms with Crippen molar-refractivity contribution in [3.63, 3.8) is 0 Å². The van der Waals surface area contributed by atoms with E-state index < -0.39 is 64.6 Å². The molecule has 2 aliphatic rings. The summed E-state index contributed by atoms with van der Waals surface area (Å²) in [6.45, 7) is 11.2. The molecular weight excluding hydrogens is 702 g/mol. The number of ketones is 1. The van der Waals surface area contributed by atoms with Gasteiger partial charge < -0.3 is 25.3 Å². The van der Waals surface area contributed by atoms with Crippen LogP contribution in [0.5, 0.6) is 0 Å². The highest BCUT2D eigenvalue weighted by atomic mass is 19.1. The number of rotatable bonds is 10. The zero-order chi connectivity index (χ0) is 40.1. The maximum absolute atomic E-state index is 16.5. The Morgan fingerprint density at radius 3 is 2.44 bits per heavy atom. The molecule has 1 amide bonds. The minimum atomic E-state index is -3.02. The van der Waals surface area contributed by atoms with Gasteiger partial charge in [-0.1, -0.05) is 68.4 Å². The highest BCUT2D eigenvalue weighted by Crippen LogP contribution is 2.42. The minimum Gasteiger partial charge on any atom is -0.455 e. The second-order valence-corrected chi connectivity index (χ2v) is 15.9. The van der Waals surface area contributed by atoms with Gasteiger partial charge in [-0.15, -0.1) is 5.10 Å². The smallest absolute Gasteiger partial charge is 0.410 e. The Kier molecular flexibility index (Phi) is 13.1. The molecule has 12 nitrogen and oxygen atoms in total. The Balaban J connectivity index is 1.47. The number of nitrogens with one attached hydrogen (secondary N) is 1. The average molecular weight is 759 g/mol. The minimum absolute atomic E-state index is 0.0315. The lowest BCUT2D eigenvalue weighted by molar-refractivity contribution is -0.179. The van der Waals surface area contributed by atoms with E-state index in [0.29, 0.717) is 56.7 Å². The van der Waals surface area contributed by atoms with Crippen molar-refractivity contribution in [3.8, 4) is 11.3 Å². The van der Waals surface area contributed by atoms with E-state index in [2.05, 4.69) is 22.6 Å². The maximum Gasteiger partial charge on any atom is 0.410 e. The fourth-order valence-electron chi connectivity index (χ4n) is 8.33. The van der Waals surface area contributed by atoms with E-state index in [1.54, 1.807) is 30.4 Å². The van der Waals surface area contributed by atoms with Gasteiger partial charge in [0.1, 0.15) is 11.8 Å². The first-order chi connectivity index (χ1) is 26.0. The number of Topliss-reactive ketones (excluding diaryl/α,β-unsaturated/α-hetero) is 1. The van der Waals surface area contributed by atoms with Crippen LogP contribution in [-0.2, 0) is 36.8 Å². The fraction of sp³-hybridized carbons (Fsp3) is 0.585. The van der Waals surface area contributed by atoms with Crippen LogP contribution in [0.3, 0.4) is 0 Å². The van der Waals surface area contributed by atoms with Gasteiger partial charge in [0.15, 0.2) is 11.4 Å². The molecule has 0 bridgehead atoms. The van der Waals surface area contributed by atoms with Gasteiger partial charge >= 0.3 is 12.1 Å². The van der Waals surface area contributed by atoms with Crippen LogP contribution in [0.4, 0.5) is 14.9 Å². The van der Waals surface area contributed by atoms with E-state index in [1.165, 1.54) is 14.0 Å². The molecule has 296 valence electrons. The first-order valence-electron chi connectivity index (χ1n) is 19.3. The summed E-state index contributed by atoms with van der Waals surface area (Å²) < 4.78 is 36.3. The molecule has 1 aromatic heterocycles. The molecule has 3 N–H and O–H groups in total. The number of hydrogen-bond donors (Lipinski definition) is 2. The Hall–Kier alpha value is -4.30. The molecule has 14 heteroatoms. The number of methoxy groups -OCH3 is 1. The Labute approximate surface area is 325 Å². The van der Waals surface area contributed by atoms with E-state index in [1.807, 2.05) is 60.8 Å². The van der Waals surface area contributed by atoms with Crippen molar-refractivity contribution in [3.05, 3.63) is 66.4 Å². The topological polar surface area (TPSA) is 151 Å². The number of anilines is 1. The highest BCUT2D eigenvalue weighted by molar-refractivity contribution is 6.17. The van der Waals surface area contributed by atoms with Crippen LogP contribution >= 0.6 is 0 Å². The number of alkyl halides is 1. The summed E-state index contributed by atoms with van der Waals surface area (Å²) in [5, 5.41) is 12.4. The molecule has 3 heterocycles. The largest absolute Gasteiger partial charge is 0.455 e. The van der Waals surface area contributed by atoms with Crippen molar-refractivity contribution in [1.82, 2.24) is 25.2 Å². The van der Waals surface area contributed by atoms with E-state index in [-0.39, 0.29) is 12.3 Å². The van der Waals surface area contributed by atoms with Gasteiger partial charge in [0.25, 0.3) is 5.67 Å². The van der Waals surface area contributed by atoms with Crippen LogP contribution in [0.2, 0.25) is 5.82 Å². The van der Waals surface area contributed by atoms with Crippen molar-refractivity contribution in [2.75, 3.05) is 25.9 Å². The van der Waals surface area contributed by atoms with Crippen LogP contribution in [0.1, 0.15) is 72.8 Å². The third kappa shape index (κ3) is 9.07. The van der Waals surface area contributed by atoms with Crippen LogP contribution in [0, 0.1) is 11.8 Å². The number of cyclic esters (lactones) is 1. The molecule has 5 rings (SSSR count). The lowest BCUT2D eigenvalue weighted by atomic mass is 9.62. The number of aryl methyl sites for hydroxylation is 1. The van der Waals surface area contributed by atoms with Gasteiger partial charge in [0.2, 0.25) is 0 Å². The van der Waals surface area contributed by atoms with Crippen LogP contribution in [-0.4, -0.2) is 101 Å². The number of aromatic nitrogens is 3. The number of benzene rings is 2. The first kappa shape index (κ1) is 41.9. The summed E-state index contributed by atoms with van der Waals surface area (Å²) in [4.78, 5) is 43.1. The molecule has 2 fully saturated rings. The number of esters is 1. The van der Waals surface area contributed by atoms with Crippen molar-refractivity contribution in [2.24, 2.45) is 11.8 Å². The van der Waals surface area contributed by atoms with Crippen molar-refractivity contribution in [1.29, 1.82) is 0 Å². The van der Waals surface area contributed by atoms with Crippen LogP contribution < -0.4 is 11.1 Å². The summed E-state index contributed by atoms with van der Waals surface area (Å²) in [5.41, 5.74) is 3.74. The monoisotopic (exact) mass is 758 g/mol. The third-order valence-corrected chi connectivity index (χ3v) is 11.6. The van der Waals surface area contributed by atoms with Gasteiger partial charge in [-0.2, -0.15) is 0 Å². The zero-order valence-electron chi connectivity index (χ0n) is 33.2. The summed E-state index contributed by atoms with van der Waals surface area (Å²) in [5.74, 6) is -4.37. The van der Waals surface area contributed by atoms with E-state index in [4.69, 9.17) is 27.8 Å². The number of carbonyl (C=O) groups is 3. The predicted molar refractivity (Wildman–Crippen MR) is 209 cm³/mol. The number of nitrogen functional groups attached to an aromatic ring is 1. The number of nitrogens with two attached hydrogens (primary N) is 1. The Morgan fingerprint density at radius 2 is 1.76 bits per heavy atom. The summed E-state index contributed by atoms with van der Waals surface area (Å²) in [7, 11) is 8.16. The average Bonchev–Trinajstić information content (AvgIpc) is 3.74. The zero-order valence-corrected chi connectivity index (χ0v) is 33.2. The van der Waals surface area contributed by atoms with E-state index in [0.717, 1.165) is 18.1 Å².